The van der Waals surface area contributed by atoms with Crippen molar-refractivity contribution in [2.24, 2.45) is 5.92 Å². The molecule has 0 radical (unpaired) electrons. The van der Waals surface area contributed by atoms with Crippen LogP contribution in [0.1, 0.15) is 48.7 Å². The monoisotopic (exact) mass is 246 g/mol. The first-order valence-corrected chi connectivity index (χ1v) is 6.77. The van der Waals surface area contributed by atoms with Gasteiger partial charge in [-0.3, -0.25) is 9.78 Å². The molecule has 3 nitrogen and oxygen atoms in total. The number of hydrogen-bond acceptors (Lipinski definition) is 2. The maximum atomic E-state index is 12.3. The van der Waals surface area contributed by atoms with Crippen molar-refractivity contribution in [2.45, 2.75) is 45.6 Å². The van der Waals surface area contributed by atoms with Crippen molar-refractivity contribution in [3.63, 3.8) is 0 Å². The van der Waals surface area contributed by atoms with Crippen LogP contribution < -0.4 is 0 Å². The van der Waals surface area contributed by atoms with E-state index in [9.17, 15) is 4.79 Å². The smallest absolute Gasteiger partial charge is 0.255 e. The van der Waals surface area contributed by atoms with Gasteiger partial charge in [0, 0.05) is 25.0 Å². The predicted octanol–water partition coefficient (Wildman–Crippen LogP) is 3.04. The van der Waals surface area contributed by atoms with Crippen LogP contribution in [0.25, 0.3) is 0 Å². The molecule has 1 aromatic heterocycles. The minimum absolute atomic E-state index is 0.0991. The molecule has 1 heterocycles. The van der Waals surface area contributed by atoms with Crippen molar-refractivity contribution in [1.82, 2.24) is 9.88 Å². The van der Waals surface area contributed by atoms with Crippen LogP contribution in [0, 0.1) is 12.8 Å². The highest BCUT2D eigenvalue weighted by molar-refractivity contribution is 5.93. The largest absolute Gasteiger partial charge is 0.339 e. The molecule has 0 bridgehead atoms. The Morgan fingerprint density at radius 3 is 2.50 bits per heavy atom. The van der Waals surface area contributed by atoms with Crippen LogP contribution in [-0.4, -0.2) is 28.9 Å². The number of amides is 1. The summed E-state index contributed by atoms with van der Waals surface area (Å²) in [5.74, 6) is 0.910. The highest BCUT2D eigenvalue weighted by Gasteiger charge is 2.25. The van der Waals surface area contributed by atoms with Crippen molar-refractivity contribution < 1.29 is 4.79 Å². The van der Waals surface area contributed by atoms with Gasteiger partial charge in [-0.2, -0.15) is 0 Å². The van der Waals surface area contributed by atoms with Crippen molar-refractivity contribution >= 4 is 5.91 Å². The van der Waals surface area contributed by atoms with E-state index in [2.05, 4.69) is 11.9 Å². The van der Waals surface area contributed by atoms with Gasteiger partial charge in [0.2, 0.25) is 0 Å². The topological polar surface area (TPSA) is 33.2 Å². The number of nitrogens with zero attached hydrogens (tertiary/aromatic N) is 2. The van der Waals surface area contributed by atoms with E-state index in [0.29, 0.717) is 11.6 Å². The molecule has 1 amide bonds. The van der Waals surface area contributed by atoms with Crippen molar-refractivity contribution in [1.29, 1.82) is 0 Å². The molecule has 1 aliphatic rings. The molecule has 0 N–H and O–H groups in total. The summed E-state index contributed by atoms with van der Waals surface area (Å²) in [4.78, 5) is 18.4. The molecule has 0 aromatic carbocycles. The molecule has 0 unspecified atom stereocenters. The lowest BCUT2D eigenvalue weighted by molar-refractivity contribution is 0.0679. The van der Waals surface area contributed by atoms with Gasteiger partial charge in [-0.05, 0) is 50.7 Å². The van der Waals surface area contributed by atoms with Gasteiger partial charge in [0.25, 0.3) is 5.91 Å². The zero-order chi connectivity index (χ0) is 13.1. The lowest BCUT2D eigenvalue weighted by atomic mass is 9.86. The lowest BCUT2D eigenvalue weighted by Crippen LogP contribution is -2.39. The number of rotatable bonds is 2. The van der Waals surface area contributed by atoms with E-state index in [1.54, 1.807) is 6.20 Å². The normalized spacial score (nSPS) is 23.7. The highest BCUT2D eigenvalue weighted by Crippen LogP contribution is 2.27. The summed E-state index contributed by atoms with van der Waals surface area (Å²) in [5.41, 5.74) is 1.64. The third-order valence-electron chi connectivity index (χ3n) is 4.01. The number of aromatic nitrogens is 1. The quantitative estimate of drug-likeness (QED) is 0.803. The Kier molecular flexibility index (Phi) is 4.00. The zero-order valence-corrected chi connectivity index (χ0v) is 11.5. The maximum absolute atomic E-state index is 12.3. The molecule has 1 aromatic rings. The van der Waals surface area contributed by atoms with E-state index in [1.807, 2.05) is 31.0 Å². The molecule has 0 spiro atoms. The fourth-order valence-electron chi connectivity index (χ4n) is 2.59. The van der Waals surface area contributed by atoms with Crippen molar-refractivity contribution in [3.8, 4) is 0 Å². The molecular weight excluding hydrogens is 224 g/mol. The summed E-state index contributed by atoms with van der Waals surface area (Å²) >= 11 is 0. The Labute approximate surface area is 109 Å². The molecular formula is C15H22N2O. The second-order valence-electron chi connectivity index (χ2n) is 5.52. The number of aryl methyl sites for hydroxylation is 1. The fourth-order valence-corrected chi connectivity index (χ4v) is 2.59. The standard InChI is InChI=1S/C15H22N2O/c1-11-4-8-14(9-5-11)17(3)15(18)13-7-6-12(2)16-10-13/h6-7,10-11,14H,4-5,8-9H2,1-3H3. The minimum atomic E-state index is 0.0991. The third-order valence-corrected chi connectivity index (χ3v) is 4.01. The Bertz CT molecular complexity index is 405. The minimum Gasteiger partial charge on any atom is -0.339 e. The Hall–Kier alpha value is -1.38. The molecule has 1 aliphatic carbocycles. The summed E-state index contributed by atoms with van der Waals surface area (Å²) in [6, 6.07) is 4.16. The second-order valence-corrected chi connectivity index (χ2v) is 5.52. The van der Waals surface area contributed by atoms with Gasteiger partial charge in [0.15, 0.2) is 0 Å². The summed E-state index contributed by atoms with van der Waals surface area (Å²) in [5, 5.41) is 0. The Balaban J connectivity index is 2.02. The molecule has 3 heteroatoms. The number of carbonyl (C=O) groups excluding carboxylic acids is 1. The van der Waals surface area contributed by atoms with Crippen LogP contribution in [0.3, 0.4) is 0 Å². The Morgan fingerprint density at radius 2 is 1.94 bits per heavy atom. The Morgan fingerprint density at radius 1 is 1.28 bits per heavy atom. The highest BCUT2D eigenvalue weighted by atomic mass is 16.2. The lowest BCUT2D eigenvalue weighted by Gasteiger charge is -2.33. The molecule has 18 heavy (non-hydrogen) atoms. The van der Waals surface area contributed by atoms with Gasteiger partial charge in [-0.1, -0.05) is 6.92 Å². The predicted molar refractivity (Wildman–Crippen MR) is 72.5 cm³/mol. The van der Waals surface area contributed by atoms with Gasteiger partial charge in [-0.15, -0.1) is 0 Å². The average molecular weight is 246 g/mol. The molecule has 2 rings (SSSR count). The van der Waals surface area contributed by atoms with E-state index >= 15 is 0 Å². The molecule has 98 valence electrons. The first-order valence-electron chi connectivity index (χ1n) is 6.77. The van der Waals surface area contributed by atoms with Crippen LogP contribution >= 0.6 is 0 Å². The van der Waals surface area contributed by atoms with E-state index in [0.717, 1.165) is 24.5 Å². The van der Waals surface area contributed by atoms with E-state index in [4.69, 9.17) is 0 Å². The average Bonchev–Trinajstić information content (AvgIpc) is 2.39. The number of carbonyl (C=O) groups is 1. The van der Waals surface area contributed by atoms with Crippen LogP contribution in [0.4, 0.5) is 0 Å². The SMILES string of the molecule is Cc1ccc(C(=O)N(C)C2CCC(C)CC2)cn1. The molecule has 0 aliphatic heterocycles. The molecule has 1 fully saturated rings. The van der Waals surface area contributed by atoms with E-state index in [-0.39, 0.29) is 5.91 Å². The van der Waals surface area contributed by atoms with Gasteiger partial charge in [0.1, 0.15) is 0 Å². The van der Waals surface area contributed by atoms with Gasteiger partial charge >= 0.3 is 0 Å². The number of pyridine rings is 1. The fraction of sp³-hybridized carbons (Fsp3) is 0.600. The third kappa shape index (κ3) is 2.89. The van der Waals surface area contributed by atoms with Gasteiger partial charge < -0.3 is 4.90 Å². The zero-order valence-electron chi connectivity index (χ0n) is 11.5. The van der Waals surface area contributed by atoms with Crippen molar-refractivity contribution in [3.05, 3.63) is 29.6 Å². The van der Waals surface area contributed by atoms with Crippen LogP contribution in [0.2, 0.25) is 0 Å². The maximum Gasteiger partial charge on any atom is 0.255 e. The molecule has 1 saturated carbocycles. The second kappa shape index (κ2) is 5.51. The summed E-state index contributed by atoms with van der Waals surface area (Å²) in [7, 11) is 1.92. The number of hydrogen-bond donors (Lipinski definition) is 0. The van der Waals surface area contributed by atoms with Gasteiger partial charge in [-0.25, -0.2) is 0 Å². The summed E-state index contributed by atoms with van der Waals surface area (Å²) < 4.78 is 0. The van der Waals surface area contributed by atoms with E-state index in [1.165, 1.54) is 12.8 Å². The first-order chi connectivity index (χ1) is 8.58. The molecule has 0 saturated heterocycles. The summed E-state index contributed by atoms with van der Waals surface area (Å²) in [6.45, 7) is 4.22. The molecule has 0 atom stereocenters. The first kappa shape index (κ1) is 13.1. The van der Waals surface area contributed by atoms with Crippen LogP contribution in [0.15, 0.2) is 18.3 Å². The van der Waals surface area contributed by atoms with E-state index < -0.39 is 0 Å². The van der Waals surface area contributed by atoms with Gasteiger partial charge in [0.05, 0.1) is 5.56 Å². The summed E-state index contributed by atoms with van der Waals surface area (Å²) in [6.07, 6.45) is 6.40. The van der Waals surface area contributed by atoms with Crippen LogP contribution in [0.5, 0.6) is 0 Å². The van der Waals surface area contributed by atoms with Crippen molar-refractivity contribution in [2.75, 3.05) is 7.05 Å². The van der Waals surface area contributed by atoms with Crippen LogP contribution in [-0.2, 0) is 0 Å².